The third-order valence-corrected chi connectivity index (χ3v) is 3.60. The van der Waals surface area contributed by atoms with Gasteiger partial charge < -0.3 is 0 Å². The van der Waals surface area contributed by atoms with Gasteiger partial charge in [0.25, 0.3) is 0 Å². The Bertz CT molecular complexity index is 523. The molecule has 0 saturated carbocycles. The molecule has 0 aliphatic heterocycles. The van der Waals surface area contributed by atoms with Crippen molar-refractivity contribution in [2.75, 3.05) is 0 Å². The van der Waals surface area contributed by atoms with Crippen LogP contribution in [0, 0.1) is 11.3 Å². The van der Waals surface area contributed by atoms with E-state index in [4.69, 9.17) is 5.26 Å². The molecule has 0 rings (SSSR count). The van der Waals surface area contributed by atoms with Crippen LogP contribution in [0.1, 0.15) is 0 Å². The third-order valence-electron chi connectivity index (χ3n) is 1.28. The summed E-state index contributed by atoms with van der Waals surface area (Å²) < 4.78 is 114. The van der Waals surface area contributed by atoms with Crippen LogP contribution in [-0.2, 0) is 20.0 Å². The molecule has 7 nitrogen and oxygen atoms in total. The number of sulfonamides is 2. The van der Waals surface area contributed by atoms with E-state index >= 15 is 0 Å². The topological polar surface area (TPSA) is 116 Å². The average Bonchev–Trinajstić information content (AvgIpc) is 2.12. The Morgan fingerprint density at radius 3 is 1.26 bits per heavy atom. The predicted octanol–water partition coefficient (Wildman–Crippen LogP) is -0.286. The second-order valence-corrected chi connectivity index (χ2v) is 6.11. The van der Waals surface area contributed by atoms with Gasteiger partial charge in [-0.25, -0.2) is 16.8 Å². The van der Waals surface area contributed by atoms with Crippen LogP contribution in [0.4, 0.5) is 26.3 Å². The van der Waals surface area contributed by atoms with Crippen molar-refractivity contribution in [1.82, 2.24) is 9.44 Å². The molecule has 0 heterocycles. The maximum atomic E-state index is 11.8. The lowest BCUT2D eigenvalue weighted by Gasteiger charge is -2.16. The number of hydrogen-bond acceptors (Lipinski definition) is 5. The van der Waals surface area contributed by atoms with Gasteiger partial charge in [-0.15, -0.1) is 0 Å². The lowest BCUT2D eigenvalue weighted by Crippen LogP contribution is -2.53. The van der Waals surface area contributed by atoms with Crippen molar-refractivity contribution in [2.24, 2.45) is 0 Å². The first-order valence-electron chi connectivity index (χ1n) is 3.71. The molecule has 19 heavy (non-hydrogen) atoms. The molecule has 2 N–H and O–H groups in total. The largest absolute Gasteiger partial charge is 0.511 e. The van der Waals surface area contributed by atoms with Crippen molar-refractivity contribution >= 4 is 20.0 Å². The molecule has 0 aromatic carbocycles. The zero-order valence-corrected chi connectivity index (χ0v) is 9.87. The van der Waals surface area contributed by atoms with E-state index in [-0.39, 0.29) is 0 Å². The van der Waals surface area contributed by atoms with Crippen LogP contribution in [-0.4, -0.2) is 34.0 Å². The number of nitriles is 1. The van der Waals surface area contributed by atoms with Gasteiger partial charge in [0, 0.05) is 0 Å². The van der Waals surface area contributed by atoms with Crippen molar-refractivity contribution in [3.05, 3.63) is 0 Å². The first-order valence-corrected chi connectivity index (χ1v) is 6.67. The highest BCUT2D eigenvalue weighted by Gasteiger charge is 2.50. The minimum Gasteiger partial charge on any atom is -0.203 e. The summed E-state index contributed by atoms with van der Waals surface area (Å²) in [4.78, 5) is 0. The highest BCUT2D eigenvalue weighted by Crippen LogP contribution is 2.23. The Kier molecular flexibility index (Phi) is 4.81. The minimum absolute atomic E-state index is 0.407. The molecule has 15 heteroatoms. The van der Waals surface area contributed by atoms with Gasteiger partial charge in [0.15, 0.2) is 6.17 Å². The van der Waals surface area contributed by atoms with Crippen molar-refractivity contribution in [1.29, 1.82) is 5.26 Å². The van der Waals surface area contributed by atoms with Crippen LogP contribution in [0.2, 0.25) is 0 Å². The highest BCUT2D eigenvalue weighted by molar-refractivity contribution is 7.91. The van der Waals surface area contributed by atoms with E-state index in [2.05, 4.69) is 0 Å². The van der Waals surface area contributed by atoms with Gasteiger partial charge >= 0.3 is 31.1 Å². The summed E-state index contributed by atoms with van der Waals surface area (Å²) in [6, 6.07) is 0.578. The lowest BCUT2D eigenvalue weighted by atomic mass is 10.6. The molecule has 0 radical (unpaired) electrons. The summed E-state index contributed by atoms with van der Waals surface area (Å²) in [5.74, 6) is 0. The fraction of sp³-hybridized carbons (Fsp3) is 0.750. The number of nitrogens with one attached hydrogen (secondary N) is 2. The SMILES string of the molecule is N#CC(NS(=O)(=O)C(F)(F)F)NS(=O)(=O)C(F)(F)F. The summed E-state index contributed by atoms with van der Waals surface area (Å²) in [6.45, 7) is 0. The summed E-state index contributed by atoms with van der Waals surface area (Å²) >= 11 is 0. The molecule has 0 aliphatic carbocycles. The van der Waals surface area contributed by atoms with Crippen molar-refractivity contribution in [2.45, 2.75) is 17.2 Å². The van der Waals surface area contributed by atoms with Gasteiger partial charge in [-0.2, -0.15) is 41.0 Å². The second kappa shape index (κ2) is 5.11. The van der Waals surface area contributed by atoms with Crippen molar-refractivity contribution < 1.29 is 43.2 Å². The summed E-state index contributed by atoms with van der Waals surface area (Å²) in [6.07, 6.45) is -2.97. The van der Waals surface area contributed by atoms with E-state index in [1.807, 2.05) is 0 Å². The Balaban J connectivity index is 5.20. The highest BCUT2D eigenvalue weighted by atomic mass is 32.2. The van der Waals surface area contributed by atoms with Crippen LogP contribution in [0.15, 0.2) is 0 Å². The molecular formula is C4H3F6N3O4S2. The number of alkyl halides is 6. The zero-order chi connectivity index (χ0) is 15.7. The molecule has 0 aromatic rings. The fourth-order valence-corrected chi connectivity index (χ4v) is 1.71. The fourth-order valence-electron chi connectivity index (χ4n) is 0.521. The first-order chi connectivity index (χ1) is 8.14. The Morgan fingerprint density at radius 1 is 0.842 bits per heavy atom. The van der Waals surface area contributed by atoms with Crippen molar-refractivity contribution in [3.8, 4) is 6.07 Å². The van der Waals surface area contributed by atoms with E-state index in [9.17, 15) is 43.2 Å². The minimum atomic E-state index is -6.19. The van der Waals surface area contributed by atoms with Gasteiger partial charge in [0.05, 0.1) is 6.07 Å². The molecule has 112 valence electrons. The molecule has 0 aliphatic rings. The van der Waals surface area contributed by atoms with Gasteiger partial charge in [-0.1, -0.05) is 0 Å². The normalized spacial score (nSPS) is 14.4. The Morgan fingerprint density at radius 2 is 1.11 bits per heavy atom. The maximum absolute atomic E-state index is 11.8. The zero-order valence-electron chi connectivity index (χ0n) is 8.24. The van der Waals surface area contributed by atoms with Crippen LogP contribution < -0.4 is 9.44 Å². The average molecular weight is 335 g/mol. The molecule has 0 fully saturated rings. The number of hydrogen-bond donors (Lipinski definition) is 2. The summed E-state index contributed by atoms with van der Waals surface area (Å²) in [7, 11) is -12.4. The van der Waals surface area contributed by atoms with E-state index in [0.29, 0.717) is 15.5 Å². The molecule has 0 unspecified atom stereocenters. The molecule has 0 atom stereocenters. The molecular weight excluding hydrogens is 332 g/mol. The van der Waals surface area contributed by atoms with Crippen LogP contribution in [0.25, 0.3) is 0 Å². The third kappa shape index (κ3) is 4.49. The van der Waals surface area contributed by atoms with Crippen LogP contribution in [0.5, 0.6) is 0 Å². The van der Waals surface area contributed by atoms with E-state index in [1.165, 1.54) is 0 Å². The van der Waals surface area contributed by atoms with Crippen LogP contribution >= 0.6 is 0 Å². The van der Waals surface area contributed by atoms with E-state index in [0.717, 1.165) is 0 Å². The van der Waals surface area contributed by atoms with Gasteiger partial charge in [0.1, 0.15) is 0 Å². The first kappa shape index (κ1) is 17.9. The molecule has 0 amide bonds. The monoisotopic (exact) mass is 335 g/mol. The summed E-state index contributed by atoms with van der Waals surface area (Å²) in [5.41, 5.74) is -11.8. The predicted molar refractivity (Wildman–Crippen MR) is 45.6 cm³/mol. The maximum Gasteiger partial charge on any atom is 0.511 e. The second-order valence-electron chi connectivity index (χ2n) is 2.70. The smallest absolute Gasteiger partial charge is 0.203 e. The lowest BCUT2D eigenvalue weighted by molar-refractivity contribution is -0.0456. The standard InChI is InChI=1S/C4H3F6N3O4S2/c5-3(6,7)18(14,15)12-2(1-11)13-19(16,17)4(8,9)10/h2,12-13H. The number of halogens is 6. The van der Waals surface area contributed by atoms with E-state index < -0.39 is 37.2 Å². The van der Waals surface area contributed by atoms with Gasteiger partial charge in [0.2, 0.25) is 0 Å². The number of rotatable bonds is 4. The van der Waals surface area contributed by atoms with Crippen molar-refractivity contribution in [3.63, 3.8) is 0 Å². The molecule has 0 spiro atoms. The number of nitrogens with zero attached hydrogens (tertiary/aromatic N) is 1. The molecule has 0 saturated heterocycles. The van der Waals surface area contributed by atoms with E-state index in [1.54, 1.807) is 0 Å². The molecule has 0 aromatic heterocycles. The van der Waals surface area contributed by atoms with Gasteiger partial charge in [-0.3, -0.25) is 0 Å². The quantitative estimate of drug-likeness (QED) is 0.541. The van der Waals surface area contributed by atoms with Gasteiger partial charge in [-0.05, 0) is 0 Å². The Hall–Kier alpha value is -1.11. The van der Waals surface area contributed by atoms with Crippen LogP contribution in [0.3, 0.4) is 0 Å². The summed E-state index contributed by atoms with van der Waals surface area (Å²) in [5, 5.41) is 8.15. The molecule has 0 bridgehead atoms. The Labute approximate surface area is 102 Å².